The van der Waals surface area contributed by atoms with E-state index in [-0.39, 0.29) is 17.9 Å². The Balaban J connectivity index is 2.13. The van der Waals surface area contributed by atoms with Gasteiger partial charge in [-0.25, -0.2) is 4.98 Å². The Hall–Kier alpha value is -1.89. The highest BCUT2D eigenvalue weighted by molar-refractivity contribution is 7.18. The number of nitrogen functional groups attached to an aromatic ring is 1. The van der Waals surface area contributed by atoms with E-state index in [9.17, 15) is 4.79 Å². The molecule has 0 saturated carbocycles. The summed E-state index contributed by atoms with van der Waals surface area (Å²) in [6.45, 7) is 2.88. The van der Waals surface area contributed by atoms with Gasteiger partial charge in [0.05, 0.1) is 5.39 Å². The fourth-order valence-corrected chi connectivity index (χ4v) is 3.82. The zero-order valence-electron chi connectivity index (χ0n) is 12.0. The van der Waals surface area contributed by atoms with Gasteiger partial charge in [0.15, 0.2) is 0 Å². The van der Waals surface area contributed by atoms with Crippen LogP contribution < -0.4 is 16.4 Å². The quantitative estimate of drug-likeness (QED) is 0.899. The predicted octanol–water partition coefficient (Wildman–Crippen LogP) is 1.68. The van der Waals surface area contributed by atoms with Crippen LogP contribution >= 0.6 is 11.3 Å². The van der Waals surface area contributed by atoms with Crippen molar-refractivity contribution in [1.29, 1.82) is 0 Å². The van der Waals surface area contributed by atoms with Crippen LogP contribution in [0.3, 0.4) is 0 Å². The van der Waals surface area contributed by atoms with Gasteiger partial charge in [0.2, 0.25) is 11.9 Å². The monoisotopic (exact) mass is 305 g/mol. The summed E-state index contributed by atoms with van der Waals surface area (Å²) in [5, 5.41) is 0.971. The molecule has 6 nitrogen and oxygen atoms in total. The fourth-order valence-electron chi connectivity index (χ4n) is 2.85. The lowest BCUT2D eigenvalue weighted by atomic mass is 10.0. The predicted molar refractivity (Wildman–Crippen MR) is 85.4 cm³/mol. The number of hydrogen-bond acceptors (Lipinski definition) is 6. The molecule has 7 heteroatoms. The number of hydrogen-bond donors (Lipinski definition) is 2. The van der Waals surface area contributed by atoms with Crippen LogP contribution in [0.2, 0.25) is 0 Å². The molecular formula is C14H19N5OS. The topological polar surface area (TPSA) is 98.1 Å². The Morgan fingerprint density at radius 1 is 1.48 bits per heavy atom. The molecular weight excluding hydrogens is 286 g/mol. The molecule has 1 atom stereocenters. The Bertz CT molecular complexity index is 683. The minimum absolute atomic E-state index is 0.246. The van der Waals surface area contributed by atoms with E-state index in [0.29, 0.717) is 0 Å². The van der Waals surface area contributed by atoms with E-state index in [1.807, 2.05) is 4.90 Å². The highest BCUT2D eigenvalue weighted by Crippen LogP contribution is 2.34. The van der Waals surface area contributed by atoms with Crippen LogP contribution in [-0.2, 0) is 11.2 Å². The molecule has 1 saturated heterocycles. The number of piperidine rings is 1. The van der Waals surface area contributed by atoms with Crippen LogP contribution in [0.15, 0.2) is 6.07 Å². The third-order valence-corrected chi connectivity index (χ3v) is 5.07. The summed E-state index contributed by atoms with van der Waals surface area (Å²) in [4.78, 5) is 24.5. The van der Waals surface area contributed by atoms with Crippen LogP contribution in [0, 0.1) is 0 Å². The van der Waals surface area contributed by atoms with Crippen molar-refractivity contribution in [2.75, 3.05) is 17.2 Å². The Kier molecular flexibility index (Phi) is 3.67. The number of nitrogens with zero attached hydrogens (tertiary/aromatic N) is 3. The first kappa shape index (κ1) is 14.1. The van der Waals surface area contributed by atoms with E-state index >= 15 is 0 Å². The van der Waals surface area contributed by atoms with E-state index in [2.05, 4.69) is 23.0 Å². The molecule has 21 heavy (non-hydrogen) atoms. The number of amides is 1. The number of anilines is 2. The molecule has 2 aromatic heterocycles. The summed E-state index contributed by atoms with van der Waals surface area (Å²) < 4.78 is 0. The number of fused-ring (bicyclic) bond motifs is 1. The van der Waals surface area contributed by atoms with E-state index in [1.165, 1.54) is 4.88 Å². The van der Waals surface area contributed by atoms with Crippen LogP contribution in [0.25, 0.3) is 10.2 Å². The Morgan fingerprint density at radius 2 is 2.29 bits per heavy atom. The van der Waals surface area contributed by atoms with Gasteiger partial charge in [0.25, 0.3) is 0 Å². The first-order chi connectivity index (χ1) is 10.1. The Morgan fingerprint density at radius 3 is 3.00 bits per heavy atom. The molecule has 2 aromatic rings. The van der Waals surface area contributed by atoms with Gasteiger partial charge in [0, 0.05) is 11.4 Å². The molecule has 3 rings (SSSR count). The number of nitrogens with two attached hydrogens (primary N) is 2. The number of aryl methyl sites for hydroxylation is 1. The van der Waals surface area contributed by atoms with Crippen molar-refractivity contribution in [3.63, 3.8) is 0 Å². The van der Waals surface area contributed by atoms with Gasteiger partial charge in [-0.15, -0.1) is 11.3 Å². The maximum atomic E-state index is 11.7. The molecule has 1 fully saturated rings. The van der Waals surface area contributed by atoms with Crippen LogP contribution in [-0.4, -0.2) is 28.5 Å². The van der Waals surface area contributed by atoms with E-state index in [0.717, 1.165) is 48.3 Å². The molecule has 1 unspecified atom stereocenters. The molecule has 1 amide bonds. The number of aromatic nitrogens is 2. The second-order valence-electron chi connectivity index (χ2n) is 5.30. The van der Waals surface area contributed by atoms with Crippen LogP contribution in [0.4, 0.5) is 11.8 Å². The standard InChI is InChI=1S/C14H19N5OS/c1-2-8-7-9-12(17-14(16)18-13(9)21-8)19-6-4-3-5-10(19)11(15)20/h7,10H,2-6H2,1H3,(H2,15,20)(H2,16,17,18). The van der Waals surface area contributed by atoms with Crippen molar-refractivity contribution in [2.24, 2.45) is 5.73 Å². The lowest BCUT2D eigenvalue weighted by molar-refractivity contribution is -0.119. The largest absolute Gasteiger partial charge is 0.368 e. The minimum atomic E-state index is -0.304. The third-order valence-electron chi connectivity index (χ3n) is 3.89. The number of carbonyl (C=O) groups is 1. The summed E-state index contributed by atoms with van der Waals surface area (Å²) in [5.74, 6) is 0.693. The number of thiophene rings is 1. The van der Waals surface area contributed by atoms with Crippen molar-refractivity contribution >= 4 is 39.2 Å². The summed E-state index contributed by atoms with van der Waals surface area (Å²) in [7, 11) is 0. The van der Waals surface area contributed by atoms with Crippen molar-refractivity contribution in [3.8, 4) is 0 Å². The average Bonchev–Trinajstić information content (AvgIpc) is 2.89. The lowest BCUT2D eigenvalue weighted by Crippen LogP contribution is -2.48. The molecule has 0 bridgehead atoms. The van der Waals surface area contributed by atoms with Gasteiger partial charge in [-0.1, -0.05) is 6.92 Å². The van der Waals surface area contributed by atoms with E-state index < -0.39 is 0 Å². The van der Waals surface area contributed by atoms with Gasteiger partial charge in [-0.3, -0.25) is 4.79 Å². The fraction of sp³-hybridized carbons (Fsp3) is 0.500. The number of primary amides is 1. The second kappa shape index (κ2) is 5.48. The zero-order chi connectivity index (χ0) is 15.0. The van der Waals surface area contributed by atoms with Crippen LogP contribution in [0.5, 0.6) is 0 Å². The first-order valence-corrected chi connectivity index (χ1v) is 8.03. The van der Waals surface area contributed by atoms with Gasteiger partial charge >= 0.3 is 0 Å². The molecule has 0 aromatic carbocycles. The Labute approximate surface area is 127 Å². The molecule has 3 heterocycles. The zero-order valence-corrected chi connectivity index (χ0v) is 12.8. The van der Waals surface area contributed by atoms with E-state index in [1.54, 1.807) is 11.3 Å². The van der Waals surface area contributed by atoms with Gasteiger partial charge in [0.1, 0.15) is 16.7 Å². The SMILES string of the molecule is CCc1cc2c(N3CCCCC3C(N)=O)nc(N)nc2s1. The van der Waals surface area contributed by atoms with Gasteiger partial charge in [-0.2, -0.15) is 4.98 Å². The lowest BCUT2D eigenvalue weighted by Gasteiger charge is -2.34. The first-order valence-electron chi connectivity index (χ1n) is 7.22. The maximum Gasteiger partial charge on any atom is 0.240 e. The molecule has 0 spiro atoms. The molecule has 1 aliphatic heterocycles. The number of rotatable bonds is 3. The summed E-state index contributed by atoms with van der Waals surface area (Å²) in [6, 6.07) is 1.79. The molecule has 0 radical (unpaired) electrons. The average molecular weight is 305 g/mol. The molecule has 0 aliphatic carbocycles. The number of carbonyl (C=O) groups excluding carboxylic acids is 1. The second-order valence-corrected chi connectivity index (χ2v) is 6.41. The maximum absolute atomic E-state index is 11.7. The van der Waals surface area contributed by atoms with Crippen molar-refractivity contribution in [1.82, 2.24) is 9.97 Å². The summed E-state index contributed by atoms with van der Waals surface area (Å²) >= 11 is 1.63. The van der Waals surface area contributed by atoms with E-state index in [4.69, 9.17) is 11.5 Å². The minimum Gasteiger partial charge on any atom is -0.368 e. The molecule has 4 N–H and O–H groups in total. The van der Waals surface area contributed by atoms with Crippen LogP contribution in [0.1, 0.15) is 31.1 Å². The summed E-state index contributed by atoms with van der Waals surface area (Å²) in [6.07, 6.45) is 3.75. The smallest absolute Gasteiger partial charge is 0.240 e. The highest BCUT2D eigenvalue weighted by atomic mass is 32.1. The normalized spacial score (nSPS) is 19.1. The third kappa shape index (κ3) is 2.53. The van der Waals surface area contributed by atoms with Gasteiger partial charge < -0.3 is 16.4 Å². The molecule has 112 valence electrons. The van der Waals surface area contributed by atoms with Gasteiger partial charge in [-0.05, 0) is 31.7 Å². The molecule has 1 aliphatic rings. The van der Waals surface area contributed by atoms with Crippen molar-refractivity contribution in [2.45, 2.75) is 38.6 Å². The van der Waals surface area contributed by atoms with Crippen molar-refractivity contribution in [3.05, 3.63) is 10.9 Å². The van der Waals surface area contributed by atoms with Crippen molar-refractivity contribution < 1.29 is 4.79 Å². The highest BCUT2D eigenvalue weighted by Gasteiger charge is 2.29. The summed E-state index contributed by atoms with van der Waals surface area (Å²) in [5.41, 5.74) is 11.4.